The van der Waals surface area contributed by atoms with Gasteiger partial charge in [-0.1, -0.05) is 37.3 Å². The van der Waals surface area contributed by atoms with Crippen LogP contribution in [0.1, 0.15) is 36.7 Å². The zero-order chi connectivity index (χ0) is 21.1. The van der Waals surface area contributed by atoms with Crippen molar-refractivity contribution in [2.75, 3.05) is 0 Å². The first-order chi connectivity index (χ1) is 14.5. The van der Waals surface area contributed by atoms with E-state index in [1.807, 2.05) is 31.2 Å². The van der Waals surface area contributed by atoms with Gasteiger partial charge in [-0.25, -0.2) is 13.1 Å². The van der Waals surface area contributed by atoms with E-state index in [4.69, 9.17) is 4.42 Å². The van der Waals surface area contributed by atoms with Crippen LogP contribution in [0.3, 0.4) is 0 Å². The van der Waals surface area contributed by atoms with E-state index in [9.17, 15) is 13.2 Å². The summed E-state index contributed by atoms with van der Waals surface area (Å²) in [6, 6.07) is 14.4. The predicted molar refractivity (Wildman–Crippen MR) is 116 cm³/mol. The van der Waals surface area contributed by atoms with Gasteiger partial charge in [0.05, 0.1) is 4.90 Å². The van der Waals surface area contributed by atoms with Crippen molar-refractivity contribution in [1.82, 2.24) is 10.0 Å². The van der Waals surface area contributed by atoms with Crippen LogP contribution >= 0.6 is 0 Å². The van der Waals surface area contributed by atoms with Gasteiger partial charge in [-0.05, 0) is 42.7 Å². The number of furan rings is 1. The summed E-state index contributed by atoms with van der Waals surface area (Å²) in [4.78, 5) is 12.5. The molecule has 7 heteroatoms. The second kappa shape index (κ2) is 8.45. The molecule has 4 rings (SSSR count). The zero-order valence-corrected chi connectivity index (χ0v) is 17.5. The minimum atomic E-state index is -3.46. The molecule has 6 nitrogen and oxygen atoms in total. The van der Waals surface area contributed by atoms with Crippen molar-refractivity contribution < 1.29 is 17.6 Å². The molecule has 1 aliphatic carbocycles. The van der Waals surface area contributed by atoms with Crippen LogP contribution in [-0.2, 0) is 27.8 Å². The van der Waals surface area contributed by atoms with Gasteiger partial charge < -0.3 is 9.73 Å². The number of nitrogens with one attached hydrogen (secondary N) is 2. The average Bonchev–Trinajstić information content (AvgIpc) is 3.48. The van der Waals surface area contributed by atoms with Gasteiger partial charge in [-0.3, -0.25) is 4.79 Å². The highest BCUT2D eigenvalue weighted by atomic mass is 32.2. The van der Waals surface area contributed by atoms with Gasteiger partial charge in [0, 0.05) is 36.0 Å². The van der Waals surface area contributed by atoms with Gasteiger partial charge in [0.25, 0.3) is 0 Å². The minimum absolute atomic E-state index is 0.0707. The summed E-state index contributed by atoms with van der Waals surface area (Å²) in [5.41, 5.74) is 2.55. The lowest BCUT2D eigenvalue weighted by Crippen LogP contribution is -2.25. The first-order valence-corrected chi connectivity index (χ1v) is 11.5. The van der Waals surface area contributed by atoms with E-state index < -0.39 is 10.0 Å². The van der Waals surface area contributed by atoms with E-state index in [-0.39, 0.29) is 16.8 Å². The number of hydrogen-bond donors (Lipinski definition) is 2. The molecule has 1 fully saturated rings. The van der Waals surface area contributed by atoms with Crippen LogP contribution in [0.5, 0.6) is 0 Å². The molecule has 1 aromatic heterocycles. The highest BCUT2D eigenvalue weighted by molar-refractivity contribution is 7.89. The summed E-state index contributed by atoms with van der Waals surface area (Å²) in [6.45, 7) is 2.32. The number of sulfonamides is 1. The lowest BCUT2D eigenvalue weighted by molar-refractivity contribution is -0.116. The van der Waals surface area contributed by atoms with E-state index in [0.717, 1.165) is 47.1 Å². The van der Waals surface area contributed by atoms with Crippen LogP contribution in [-0.4, -0.2) is 20.4 Å². The quantitative estimate of drug-likeness (QED) is 0.539. The molecule has 156 valence electrons. The Morgan fingerprint density at radius 2 is 1.87 bits per heavy atom. The van der Waals surface area contributed by atoms with Gasteiger partial charge >= 0.3 is 0 Å². The Kier molecular flexibility index (Phi) is 5.74. The van der Waals surface area contributed by atoms with E-state index in [1.165, 1.54) is 6.08 Å². The number of para-hydroxylation sites is 1. The Balaban J connectivity index is 1.38. The summed E-state index contributed by atoms with van der Waals surface area (Å²) in [5.74, 6) is 0.617. The summed E-state index contributed by atoms with van der Waals surface area (Å²) in [5, 5.41) is 3.81. The molecule has 3 aromatic rings. The molecule has 2 aromatic carbocycles. The SMILES string of the molecule is CCc1oc2ccccc2c1C=CC(=O)NCc1ccc(S(=O)(=O)NC2CC2)cc1. The third kappa shape index (κ3) is 4.63. The molecular weight excluding hydrogens is 400 g/mol. The molecule has 0 radical (unpaired) electrons. The Bertz CT molecular complexity index is 1190. The number of amides is 1. The number of rotatable bonds is 8. The lowest BCUT2D eigenvalue weighted by Gasteiger charge is -2.07. The summed E-state index contributed by atoms with van der Waals surface area (Å²) in [6.07, 6.45) is 5.80. The maximum Gasteiger partial charge on any atom is 0.244 e. The average molecular weight is 425 g/mol. The van der Waals surface area contributed by atoms with Crippen molar-refractivity contribution in [3.05, 3.63) is 71.5 Å². The van der Waals surface area contributed by atoms with E-state index in [2.05, 4.69) is 10.0 Å². The van der Waals surface area contributed by atoms with Crippen LogP contribution in [0.15, 0.2) is 63.9 Å². The summed E-state index contributed by atoms with van der Waals surface area (Å²) >= 11 is 0. The molecular formula is C23H24N2O4S. The lowest BCUT2D eigenvalue weighted by atomic mass is 10.1. The molecule has 0 spiro atoms. The third-order valence-corrected chi connectivity index (χ3v) is 6.57. The maximum absolute atomic E-state index is 12.3. The van der Waals surface area contributed by atoms with Gasteiger partial charge in [0.15, 0.2) is 0 Å². The number of aryl methyl sites for hydroxylation is 1. The Hall–Kier alpha value is -2.90. The molecule has 1 aliphatic rings. The van der Waals surface area contributed by atoms with Gasteiger partial charge in [-0.2, -0.15) is 0 Å². The van der Waals surface area contributed by atoms with Gasteiger partial charge in [0.1, 0.15) is 11.3 Å². The van der Waals surface area contributed by atoms with E-state index in [0.29, 0.717) is 6.54 Å². The molecule has 2 N–H and O–H groups in total. The molecule has 30 heavy (non-hydrogen) atoms. The Morgan fingerprint density at radius 1 is 1.13 bits per heavy atom. The number of benzene rings is 2. The standard InChI is InChI=1S/C23H24N2O4S/c1-2-21-20(19-5-3-4-6-22(19)29-21)13-14-23(26)24-15-16-7-11-18(12-8-16)30(27,28)25-17-9-10-17/h3-8,11-14,17,25H,2,9-10,15H2,1H3,(H,24,26). The topological polar surface area (TPSA) is 88.4 Å². The second-order valence-electron chi connectivity index (χ2n) is 7.38. The van der Waals surface area contributed by atoms with Crippen LogP contribution in [0, 0.1) is 0 Å². The van der Waals surface area contributed by atoms with Crippen molar-refractivity contribution in [2.24, 2.45) is 0 Å². The Labute approximate surface area is 176 Å². The van der Waals surface area contributed by atoms with E-state index in [1.54, 1.807) is 30.3 Å². The smallest absolute Gasteiger partial charge is 0.244 e. The third-order valence-electron chi connectivity index (χ3n) is 5.03. The van der Waals surface area contributed by atoms with E-state index >= 15 is 0 Å². The Morgan fingerprint density at radius 3 is 2.57 bits per heavy atom. The fourth-order valence-electron chi connectivity index (χ4n) is 3.24. The van der Waals surface area contributed by atoms with Crippen molar-refractivity contribution in [2.45, 2.75) is 43.7 Å². The molecule has 1 saturated carbocycles. The molecule has 0 unspecified atom stereocenters. The maximum atomic E-state index is 12.3. The number of fused-ring (bicyclic) bond motifs is 1. The predicted octanol–water partition coefficient (Wildman–Crippen LogP) is 3.77. The molecule has 0 bridgehead atoms. The molecule has 1 amide bonds. The highest BCUT2D eigenvalue weighted by Crippen LogP contribution is 2.27. The van der Waals surface area contributed by atoms with Crippen molar-refractivity contribution in [1.29, 1.82) is 0 Å². The fourth-order valence-corrected chi connectivity index (χ4v) is 4.55. The summed E-state index contributed by atoms with van der Waals surface area (Å²) in [7, 11) is -3.46. The monoisotopic (exact) mass is 424 g/mol. The largest absolute Gasteiger partial charge is 0.460 e. The number of hydrogen-bond acceptors (Lipinski definition) is 4. The fraction of sp³-hybridized carbons (Fsp3) is 0.261. The van der Waals surface area contributed by atoms with Crippen molar-refractivity contribution in [3.8, 4) is 0 Å². The normalized spacial score (nSPS) is 14.4. The molecule has 1 heterocycles. The first kappa shape index (κ1) is 20.4. The molecule has 0 saturated heterocycles. The van der Waals surface area contributed by atoms with Crippen LogP contribution in [0.2, 0.25) is 0 Å². The second-order valence-corrected chi connectivity index (χ2v) is 9.09. The first-order valence-electron chi connectivity index (χ1n) is 10.0. The summed E-state index contributed by atoms with van der Waals surface area (Å²) < 4.78 is 32.9. The van der Waals surface area contributed by atoms with Crippen molar-refractivity contribution >= 4 is 33.0 Å². The zero-order valence-electron chi connectivity index (χ0n) is 16.7. The van der Waals surface area contributed by atoms with Crippen LogP contribution in [0.25, 0.3) is 17.0 Å². The van der Waals surface area contributed by atoms with Gasteiger partial charge in [0.2, 0.25) is 15.9 Å². The molecule has 0 atom stereocenters. The van der Waals surface area contributed by atoms with Crippen LogP contribution < -0.4 is 10.0 Å². The van der Waals surface area contributed by atoms with Crippen LogP contribution in [0.4, 0.5) is 0 Å². The number of carbonyl (C=O) groups excluding carboxylic acids is 1. The van der Waals surface area contributed by atoms with Crippen molar-refractivity contribution in [3.63, 3.8) is 0 Å². The highest BCUT2D eigenvalue weighted by Gasteiger charge is 2.27. The minimum Gasteiger partial charge on any atom is -0.460 e. The molecule has 0 aliphatic heterocycles. The number of carbonyl (C=O) groups is 1. The van der Waals surface area contributed by atoms with Gasteiger partial charge in [-0.15, -0.1) is 0 Å².